The summed E-state index contributed by atoms with van der Waals surface area (Å²) in [5, 5.41) is 0. The molecule has 4 heteroatoms. The smallest absolute Gasteiger partial charge is 0.0462 e. The van der Waals surface area contributed by atoms with Crippen molar-refractivity contribution in [1.82, 2.24) is 10.3 Å². The number of ether oxygens (including phenoxy) is 1. The lowest BCUT2D eigenvalue weighted by Gasteiger charge is -2.48. The van der Waals surface area contributed by atoms with Crippen LogP contribution in [-0.2, 0) is 4.74 Å². The maximum atomic E-state index is 5.81. The maximum Gasteiger partial charge on any atom is 0.0462 e. The van der Waals surface area contributed by atoms with Crippen molar-refractivity contribution in [1.29, 1.82) is 0 Å². The molecule has 2 unspecified atom stereocenters. The van der Waals surface area contributed by atoms with E-state index in [9.17, 15) is 0 Å². The number of hydrogen-bond donors (Lipinski definition) is 2. The summed E-state index contributed by atoms with van der Waals surface area (Å²) < 4.78 is 5.15. The maximum absolute atomic E-state index is 5.81. The predicted octanol–water partition coefficient (Wildman–Crippen LogP) is 1.90. The first kappa shape index (κ1) is 15.9. The fourth-order valence-corrected chi connectivity index (χ4v) is 3.10. The Hall–Kier alpha value is -0.160. The van der Waals surface area contributed by atoms with Gasteiger partial charge in [-0.1, -0.05) is 13.3 Å². The average molecular weight is 257 g/mol. The molecule has 1 fully saturated rings. The number of nitrogens with one attached hydrogen (secondary N) is 1. The number of hydrogen-bond acceptors (Lipinski definition) is 4. The highest BCUT2D eigenvalue weighted by atomic mass is 16.5. The molecule has 2 atom stereocenters. The van der Waals surface area contributed by atoms with Crippen molar-refractivity contribution >= 4 is 0 Å². The Labute approximate surface area is 112 Å². The molecule has 1 rings (SSSR count). The molecule has 1 heterocycles. The monoisotopic (exact) mass is 257 g/mol. The highest BCUT2D eigenvalue weighted by molar-refractivity contribution is 4.96. The molecule has 1 aliphatic rings. The van der Waals surface area contributed by atoms with Crippen LogP contribution in [0.3, 0.4) is 0 Å². The normalized spacial score (nSPS) is 22.7. The van der Waals surface area contributed by atoms with Crippen molar-refractivity contribution in [2.45, 2.75) is 64.0 Å². The van der Waals surface area contributed by atoms with Gasteiger partial charge >= 0.3 is 0 Å². The zero-order chi connectivity index (χ0) is 13.4. The number of methoxy groups -OCH3 is 1. The Bertz CT molecular complexity index is 219. The Kier molecular flexibility index (Phi) is 7.15. The van der Waals surface area contributed by atoms with Crippen molar-refractivity contribution < 1.29 is 4.74 Å². The highest BCUT2D eigenvalue weighted by Crippen LogP contribution is 2.29. The van der Waals surface area contributed by atoms with E-state index in [1.165, 1.54) is 32.4 Å². The molecule has 108 valence electrons. The summed E-state index contributed by atoms with van der Waals surface area (Å²) in [6, 6.07) is 0.343. The van der Waals surface area contributed by atoms with E-state index in [0.717, 1.165) is 25.9 Å². The van der Waals surface area contributed by atoms with Gasteiger partial charge in [0, 0.05) is 25.3 Å². The molecule has 0 radical (unpaired) electrons. The second kappa shape index (κ2) is 8.10. The number of nitrogens with two attached hydrogens (primary N) is 1. The van der Waals surface area contributed by atoms with Gasteiger partial charge in [0.05, 0.1) is 0 Å². The Morgan fingerprint density at radius 1 is 1.33 bits per heavy atom. The summed E-state index contributed by atoms with van der Waals surface area (Å²) in [5.74, 6) is 5.81. The summed E-state index contributed by atoms with van der Waals surface area (Å²) in [7, 11) is 1.76. The van der Waals surface area contributed by atoms with E-state index in [1.54, 1.807) is 7.11 Å². The van der Waals surface area contributed by atoms with Crippen LogP contribution in [0.2, 0.25) is 0 Å². The van der Waals surface area contributed by atoms with E-state index in [0.29, 0.717) is 6.04 Å². The van der Waals surface area contributed by atoms with E-state index in [2.05, 4.69) is 24.2 Å². The van der Waals surface area contributed by atoms with E-state index in [4.69, 9.17) is 10.6 Å². The first-order chi connectivity index (χ1) is 8.69. The van der Waals surface area contributed by atoms with Crippen LogP contribution < -0.4 is 11.3 Å². The third-order valence-electron chi connectivity index (χ3n) is 4.59. The average Bonchev–Trinajstić information content (AvgIpc) is 2.44. The molecule has 4 nitrogen and oxygen atoms in total. The van der Waals surface area contributed by atoms with Gasteiger partial charge in [-0.05, 0) is 52.1 Å². The van der Waals surface area contributed by atoms with Gasteiger partial charge in [0.1, 0.15) is 0 Å². The summed E-state index contributed by atoms with van der Waals surface area (Å²) >= 11 is 0. The van der Waals surface area contributed by atoms with Crippen molar-refractivity contribution in [3.05, 3.63) is 0 Å². The number of hydrazine groups is 1. The Morgan fingerprint density at radius 3 is 2.50 bits per heavy atom. The molecule has 0 aromatic rings. The largest absolute Gasteiger partial charge is 0.385 e. The molecule has 0 spiro atoms. The third kappa shape index (κ3) is 3.92. The molecule has 3 N–H and O–H groups in total. The van der Waals surface area contributed by atoms with Gasteiger partial charge in [-0.25, -0.2) is 0 Å². The van der Waals surface area contributed by atoms with Crippen LogP contribution in [0.5, 0.6) is 0 Å². The van der Waals surface area contributed by atoms with Gasteiger partial charge in [-0.2, -0.15) is 0 Å². The second-order valence-electron chi connectivity index (χ2n) is 5.61. The minimum absolute atomic E-state index is 0.170. The molecule has 18 heavy (non-hydrogen) atoms. The molecular formula is C14H31N3O. The third-order valence-corrected chi connectivity index (χ3v) is 4.59. The van der Waals surface area contributed by atoms with Crippen molar-refractivity contribution in [2.75, 3.05) is 26.8 Å². The summed E-state index contributed by atoms with van der Waals surface area (Å²) in [6.07, 6.45) is 7.30. The van der Waals surface area contributed by atoms with Crippen LogP contribution in [0.1, 0.15) is 52.4 Å². The van der Waals surface area contributed by atoms with Crippen LogP contribution in [0.25, 0.3) is 0 Å². The second-order valence-corrected chi connectivity index (χ2v) is 5.61. The number of nitrogens with zero attached hydrogens (tertiary/aromatic N) is 1. The number of likely N-dealkylation sites (tertiary alicyclic amines) is 1. The zero-order valence-electron chi connectivity index (χ0n) is 12.4. The molecule has 0 aromatic carbocycles. The Balaban J connectivity index is 2.62. The van der Waals surface area contributed by atoms with Gasteiger partial charge in [-0.3, -0.25) is 16.2 Å². The molecular weight excluding hydrogens is 226 g/mol. The SMILES string of the molecule is CCC(C)(C(CCCOC)NN)N1CCCCC1. The molecule has 1 saturated heterocycles. The number of piperidine rings is 1. The first-order valence-electron chi connectivity index (χ1n) is 7.39. The van der Waals surface area contributed by atoms with E-state index in [1.807, 2.05) is 0 Å². The topological polar surface area (TPSA) is 50.5 Å². The van der Waals surface area contributed by atoms with Crippen LogP contribution >= 0.6 is 0 Å². The molecule has 0 aliphatic carbocycles. The minimum Gasteiger partial charge on any atom is -0.385 e. The molecule has 0 aromatic heterocycles. The molecule has 0 saturated carbocycles. The number of rotatable bonds is 8. The lowest BCUT2D eigenvalue weighted by atomic mass is 9.83. The van der Waals surface area contributed by atoms with Gasteiger partial charge in [0.15, 0.2) is 0 Å². The fraction of sp³-hybridized carbons (Fsp3) is 1.00. The van der Waals surface area contributed by atoms with Gasteiger partial charge in [0.25, 0.3) is 0 Å². The van der Waals surface area contributed by atoms with Gasteiger partial charge in [0.2, 0.25) is 0 Å². The first-order valence-corrected chi connectivity index (χ1v) is 7.39. The molecule has 1 aliphatic heterocycles. The van der Waals surface area contributed by atoms with E-state index >= 15 is 0 Å². The summed E-state index contributed by atoms with van der Waals surface area (Å²) in [5.41, 5.74) is 3.22. The van der Waals surface area contributed by atoms with Crippen molar-refractivity contribution in [2.24, 2.45) is 5.84 Å². The van der Waals surface area contributed by atoms with Crippen molar-refractivity contribution in [3.63, 3.8) is 0 Å². The molecule has 0 amide bonds. The quantitative estimate of drug-likeness (QED) is 0.396. The lowest BCUT2D eigenvalue weighted by Crippen LogP contribution is -2.61. The summed E-state index contributed by atoms with van der Waals surface area (Å²) in [4.78, 5) is 2.63. The highest BCUT2D eigenvalue weighted by Gasteiger charge is 2.37. The minimum atomic E-state index is 0.170. The van der Waals surface area contributed by atoms with Crippen LogP contribution in [0.15, 0.2) is 0 Å². The van der Waals surface area contributed by atoms with Crippen LogP contribution in [0, 0.1) is 0 Å². The molecule has 0 bridgehead atoms. The fourth-order valence-electron chi connectivity index (χ4n) is 3.10. The summed E-state index contributed by atoms with van der Waals surface area (Å²) in [6.45, 7) is 7.88. The van der Waals surface area contributed by atoms with Crippen LogP contribution in [-0.4, -0.2) is 43.3 Å². The standard InChI is InChI=1S/C14H31N3O/c1-4-14(2,17-10-6-5-7-11-17)13(16-15)9-8-12-18-3/h13,16H,4-12,15H2,1-3H3. The lowest BCUT2D eigenvalue weighted by molar-refractivity contribution is 0.0372. The van der Waals surface area contributed by atoms with Gasteiger partial charge < -0.3 is 4.74 Å². The zero-order valence-corrected chi connectivity index (χ0v) is 12.4. The van der Waals surface area contributed by atoms with E-state index < -0.39 is 0 Å². The Morgan fingerprint density at radius 2 is 2.00 bits per heavy atom. The van der Waals surface area contributed by atoms with Gasteiger partial charge in [-0.15, -0.1) is 0 Å². The van der Waals surface area contributed by atoms with Crippen LogP contribution in [0.4, 0.5) is 0 Å². The van der Waals surface area contributed by atoms with E-state index in [-0.39, 0.29) is 5.54 Å². The van der Waals surface area contributed by atoms with Crippen molar-refractivity contribution in [3.8, 4) is 0 Å². The predicted molar refractivity (Wildman–Crippen MR) is 76.3 cm³/mol.